The van der Waals surface area contributed by atoms with Gasteiger partial charge in [0.15, 0.2) is 0 Å². The molecule has 1 aromatic rings. The number of aromatic nitrogens is 2. The fourth-order valence-electron chi connectivity index (χ4n) is 2.72. The highest BCUT2D eigenvalue weighted by molar-refractivity contribution is 5.57. The Morgan fingerprint density at radius 1 is 1.15 bits per heavy atom. The lowest BCUT2D eigenvalue weighted by molar-refractivity contribution is 0.584. The summed E-state index contributed by atoms with van der Waals surface area (Å²) in [5, 5.41) is 6.89. The van der Waals surface area contributed by atoms with E-state index < -0.39 is 0 Å². The SMILES string of the molecule is CCC(CC1CC1)Nc1nc(C2CC2)nc(NC)c1C. The van der Waals surface area contributed by atoms with Crippen LogP contribution in [0.2, 0.25) is 0 Å². The molecule has 0 radical (unpaired) electrons. The number of nitrogens with one attached hydrogen (secondary N) is 2. The predicted molar refractivity (Wildman–Crippen MR) is 83.3 cm³/mol. The third-order valence-corrected chi connectivity index (χ3v) is 4.49. The quantitative estimate of drug-likeness (QED) is 0.796. The number of hydrogen-bond donors (Lipinski definition) is 2. The molecule has 1 unspecified atom stereocenters. The molecule has 110 valence electrons. The minimum atomic E-state index is 0.549. The Balaban J connectivity index is 1.80. The van der Waals surface area contributed by atoms with Gasteiger partial charge in [-0.05, 0) is 38.5 Å². The van der Waals surface area contributed by atoms with Crippen molar-refractivity contribution in [3.05, 3.63) is 11.4 Å². The molecule has 0 saturated heterocycles. The molecule has 2 fully saturated rings. The minimum Gasteiger partial charge on any atom is -0.373 e. The molecule has 2 saturated carbocycles. The molecule has 2 aliphatic rings. The van der Waals surface area contributed by atoms with Gasteiger partial charge in [-0.3, -0.25) is 0 Å². The Kier molecular flexibility index (Phi) is 3.81. The van der Waals surface area contributed by atoms with E-state index >= 15 is 0 Å². The van der Waals surface area contributed by atoms with E-state index in [4.69, 9.17) is 4.98 Å². The predicted octanol–water partition coefficient (Wildman–Crippen LogP) is 3.69. The first kappa shape index (κ1) is 13.7. The number of hydrogen-bond acceptors (Lipinski definition) is 4. The smallest absolute Gasteiger partial charge is 0.136 e. The van der Waals surface area contributed by atoms with Crippen molar-refractivity contribution in [2.75, 3.05) is 17.7 Å². The van der Waals surface area contributed by atoms with Gasteiger partial charge in [0.25, 0.3) is 0 Å². The summed E-state index contributed by atoms with van der Waals surface area (Å²) in [5.74, 6) is 4.57. The fourth-order valence-corrected chi connectivity index (χ4v) is 2.72. The normalized spacial score (nSPS) is 19.8. The van der Waals surface area contributed by atoms with Gasteiger partial charge >= 0.3 is 0 Å². The van der Waals surface area contributed by atoms with Crippen LogP contribution in [0.5, 0.6) is 0 Å². The molecular weight excluding hydrogens is 248 g/mol. The van der Waals surface area contributed by atoms with Crippen molar-refractivity contribution >= 4 is 11.6 Å². The van der Waals surface area contributed by atoms with E-state index in [1.807, 2.05) is 7.05 Å². The fraction of sp³-hybridized carbons (Fsp3) is 0.750. The second-order valence-corrected chi connectivity index (χ2v) is 6.36. The van der Waals surface area contributed by atoms with Gasteiger partial charge < -0.3 is 10.6 Å². The van der Waals surface area contributed by atoms with Crippen LogP contribution in [0.4, 0.5) is 11.6 Å². The Labute approximate surface area is 121 Å². The van der Waals surface area contributed by atoms with E-state index in [-0.39, 0.29) is 0 Å². The second kappa shape index (κ2) is 5.58. The summed E-state index contributed by atoms with van der Waals surface area (Å²) in [4.78, 5) is 9.45. The molecule has 0 aromatic carbocycles. The van der Waals surface area contributed by atoms with Crippen LogP contribution in [-0.2, 0) is 0 Å². The average Bonchev–Trinajstić information content (AvgIpc) is 3.33. The first-order valence-corrected chi connectivity index (χ1v) is 8.04. The monoisotopic (exact) mass is 274 g/mol. The summed E-state index contributed by atoms with van der Waals surface area (Å²) in [6.45, 7) is 4.37. The zero-order valence-corrected chi connectivity index (χ0v) is 12.9. The van der Waals surface area contributed by atoms with Gasteiger partial charge in [-0.2, -0.15) is 0 Å². The van der Waals surface area contributed by atoms with Crippen molar-refractivity contribution in [3.8, 4) is 0 Å². The molecule has 2 N–H and O–H groups in total. The molecular formula is C16H26N4. The van der Waals surface area contributed by atoms with E-state index in [1.54, 1.807) is 0 Å². The van der Waals surface area contributed by atoms with Crippen LogP contribution in [0.3, 0.4) is 0 Å². The minimum absolute atomic E-state index is 0.549. The van der Waals surface area contributed by atoms with Crippen LogP contribution in [0.15, 0.2) is 0 Å². The molecule has 2 aliphatic carbocycles. The van der Waals surface area contributed by atoms with E-state index in [1.165, 1.54) is 32.1 Å². The van der Waals surface area contributed by atoms with E-state index in [0.717, 1.165) is 35.4 Å². The third kappa shape index (κ3) is 3.05. The second-order valence-electron chi connectivity index (χ2n) is 6.36. The van der Waals surface area contributed by atoms with Crippen LogP contribution in [0.25, 0.3) is 0 Å². The maximum Gasteiger partial charge on any atom is 0.136 e. The van der Waals surface area contributed by atoms with Gasteiger partial charge in [0, 0.05) is 24.6 Å². The highest BCUT2D eigenvalue weighted by Gasteiger charge is 2.29. The van der Waals surface area contributed by atoms with Gasteiger partial charge in [0.05, 0.1) is 0 Å². The van der Waals surface area contributed by atoms with Crippen LogP contribution < -0.4 is 10.6 Å². The third-order valence-electron chi connectivity index (χ3n) is 4.49. The summed E-state index contributed by atoms with van der Waals surface area (Å²) in [5.41, 5.74) is 1.14. The van der Waals surface area contributed by atoms with Gasteiger partial charge in [0.1, 0.15) is 17.5 Å². The summed E-state index contributed by atoms with van der Waals surface area (Å²) >= 11 is 0. The lowest BCUT2D eigenvalue weighted by Crippen LogP contribution is -2.21. The molecule has 0 bridgehead atoms. The topological polar surface area (TPSA) is 49.8 Å². The zero-order chi connectivity index (χ0) is 14.1. The molecule has 0 amide bonds. The summed E-state index contributed by atoms with van der Waals surface area (Å²) in [6, 6.07) is 0.549. The molecule has 1 heterocycles. The first-order valence-electron chi connectivity index (χ1n) is 8.04. The van der Waals surface area contributed by atoms with Crippen LogP contribution in [0, 0.1) is 12.8 Å². The summed E-state index contributed by atoms with van der Waals surface area (Å²) in [7, 11) is 1.94. The molecule has 0 aliphatic heterocycles. The molecule has 1 aromatic heterocycles. The van der Waals surface area contributed by atoms with E-state index in [2.05, 4.69) is 29.5 Å². The molecule has 1 atom stereocenters. The van der Waals surface area contributed by atoms with Crippen molar-refractivity contribution in [2.24, 2.45) is 5.92 Å². The van der Waals surface area contributed by atoms with Crippen molar-refractivity contribution < 1.29 is 0 Å². The highest BCUT2D eigenvalue weighted by Crippen LogP contribution is 2.40. The summed E-state index contributed by atoms with van der Waals surface area (Å²) in [6.07, 6.45) is 7.75. The molecule has 4 nitrogen and oxygen atoms in total. The maximum atomic E-state index is 4.80. The zero-order valence-electron chi connectivity index (χ0n) is 12.9. The van der Waals surface area contributed by atoms with Crippen molar-refractivity contribution in [1.82, 2.24) is 9.97 Å². The average molecular weight is 274 g/mol. The Hall–Kier alpha value is -1.32. The largest absolute Gasteiger partial charge is 0.373 e. The molecule has 3 rings (SSSR count). The number of rotatable bonds is 7. The number of nitrogens with zero attached hydrogens (tertiary/aromatic N) is 2. The van der Waals surface area contributed by atoms with Crippen molar-refractivity contribution in [3.63, 3.8) is 0 Å². The van der Waals surface area contributed by atoms with E-state index in [9.17, 15) is 0 Å². The van der Waals surface area contributed by atoms with Crippen LogP contribution in [-0.4, -0.2) is 23.1 Å². The van der Waals surface area contributed by atoms with Crippen LogP contribution in [0.1, 0.15) is 62.8 Å². The van der Waals surface area contributed by atoms with Gasteiger partial charge in [-0.15, -0.1) is 0 Å². The standard InChI is InChI=1S/C16H26N4/c1-4-13(9-11-5-6-11)18-15-10(2)14(17-3)19-16(20-15)12-7-8-12/h11-13H,4-9H2,1-3H3,(H2,17,18,19,20). The lowest BCUT2D eigenvalue weighted by atomic mass is 10.1. The lowest BCUT2D eigenvalue weighted by Gasteiger charge is -2.20. The molecule has 4 heteroatoms. The van der Waals surface area contributed by atoms with Gasteiger partial charge in [-0.25, -0.2) is 9.97 Å². The van der Waals surface area contributed by atoms with E-state index in [0.29, 0.717) is 12.0 Å². The number of anilines is 2. The van der Waals surface area contributed by atoms with Crippen molar-refractivity contribution in [2.45, 2.75) is 64.3 Å². The first-order chi connectivity index (χ1) is 9.71. The Morgan fingerprint density at radius 3 is 2.40 bits per heavy atom. The Bertz CT molecular complexity index is 478. The van der Waals surface area contributed by atoms with Gasteiger partial charge in [-0.1, -0.05) is 19.8 Å². The molecule has 20 heavy (non-hydrogen) atoms. The highest BCUT2D eigenvalue weighted by atomic mass is 15.1. The van der Waals surface area contributed by atoms with Crippen molar-refractivity contribution in [1.29, 1.82) is 0 Å². The molecule has 0 spiro atoms. The van der Waals surface area contributed by atoms with Crippen LogP contribution >= 0.6 is 0 Å². The summed E-state index contributed by atoms with van der Waals surface area (Å²) < 4.78 is 0. The Morgan fingerprint density at radius 2 is 1.85 bits per heavy atom. The maximum absolute atomic E-state index is 4.80. The van der Waals surface area contributed by atoms with Gasteiger partial charge in [0.2, 0.25) is 0 Å².